The zero-order valence-electron chi connectivity index (χ0n) is 17.6. The van der Waals surface area contributed by atoms with Crippen LogP contribution >= 0.6 is 11.8 Å². The maximum Gasteiger partial charge on any atom is 0.282 e. The predicted molar refractivity (Wildman–Crippen MR) is 120 cm³/mol. The maximum absolute atomic E-state index is 13.0. The minimum Gasteiger partial charge on any atom is -0.325 e. The van der Waals surface area contributed by atoms with Gasteiger partial charge in [0.25, 0.3) is 5.56 Å². The van der Waals surface area contributed by atoms with Gasteiger partial charge in [-0.15, -0.1) is 0 Å². The van der Waals surface area contributed by atoms with Gasteiger partial charge in [0.2, 0.25) is 5.91 Å². The third-order valence-electron chi connectivity index (χ3n) is 5.35. The Morgan fingerprint density at radius 2 is 2.07 bits per heavy atom. The molecule has 0 aliphatic heterocycles. The summed E-state index contributed by atoms with van der Waals surface area (Å²) in [5, 5.41) is 7.79. The second kappa shape index (κ2) is 8.63. The summed E-state index contributed by atoms with van der Waals surface area (Å²) in [6, 6.07) is 6.14. The van der Waals surface area contributed by atoms with Crippen LogP contribution in [0.4, 0.5) is 5.69 Å². The lowest BCUT2D eigenvalue weighted by atomic mass is 10.1. The smallest absolute Gasteiger partial charge is 0.282 e. The standard InChI is InChI=1S/C22H27N5O2S/c1-14(2)9-10-27-21(29)20-18(12-26(3)25-20)24-22(27)30-13-19(28)23-17-8-7-15-5-4-6-16(15)11-17/h7-8,11-12,14H,4-6,9-10,13H2,1-3H3,(H,23,28). The summed E-state index contributed by atoms with van der Waals surface area (Å²) in [5.41, 5.74) is 4.31. The van der Waals surface area contributed by atoms with Crippen molar-refractivity contribution in [2.24, 2.45) is 13.0 Å². The fraction of sp³-hybridized carbons (Fsp3) is 0.455. The third kappa shape index (κ3) is 4.43. The van der Waals surface area contributed by atoms with E-state index in [1.807, 2.05) is 6.07 Å². The molecule has 4 rings (SSSR count). The molecule has 1 N–H and O–H groups in total. The number of benzene rings is 1. The largest absolute Gasteiger partial charge is 0.325 e. The monoisotopic (exact) mass is 425 g/mol. The van der Waals surface area contributed by atoms with E-state index in [2.05, 4.69) is 41.4 Å². The minimum absolute atomic E-state index is 0.103. The first-order chi connectivity index (χ1) is 14.4. The number of hydrogen-bond acceptors (Lipinski definition) is 5. The van der Waals surface area contributed by atoms with E-state index < -0.39 is 0 Å². The van der Waals surface area contributed by atoms with Crippen LogP contribution in [-0.2, 0) is 31.2 Å². The highest BCUT2D eigenvalue weighted by Crippen LogP contribution is 2.25. The molecular formula is C22H27N5O2S. The summed E-state index contributed by atoms with van der Waals surface area (Å²) in [7, 11) is 1.77. The van der Waals surface area contributed by atoms with Crippen LogP contribution in [0.15, 0.2) is 34.3 Å². The van der Waals surface area contributed by atoms with E-state index in [1.165, 1.54) is 29.3 Å². The number of fused-ring (bicyclic) bond motifs is 2. The number of nitrogens with one attached hydrogen (secondary N) is 1. The third-order valence-corrected chi connectivity index (χ3v) is 6.33. The van der Waals surface area contributed by atoms with Crippen LogP contribution in [0, 0.1) is 5.92 Å². The van der Waals surface area contributed by atoms with Crippen molar-refractivity contribution in [3.63, 3.8) is 0 Å². The van der Waals surface area contributed by atoms with Crippen LogP contribution in [0.2, 0.25) is 0 Å². The van der Waals surface area contributed by atoms with Crippen molar-refractivity contribution in [2.45, 2.75) is 51.2 Å². The summed E-state index contributed by atoms with van der Waals surface area (Å²) >= 11 is 1.29. The molecule has 7 nitrogen and oxygen atoms in total. The molecule has 1 aromatic carbocycles. The van der Waals surface area contributed by atoms with Crippen molar-refractivity contribution in [2.75, 3.05) is 11.1 Å². The lowest BCUT2D eigenvalue weighted by Crippen LogP contribution is -2.25. The van der Waals surface area contributed by atoms with Crippen molar-refractivity contribution in [1.29, 1.82) is 0 Å². The van der Waals surface area contributed by atoms with Gasteiger partial charge in [-0.25, -0.2) is 4.98 Å². The number of aryl methyl sites for hydroxylation is 3. The first-order valence-corrected chi connectivity index (χ1v) is 11.4. The highest BCUT2D eigenvalue weighted by Gasteiger charge is 2.17. The molecule has 0 bridgehead atoms. The van der Waals surface area contributed by atoms with Gasteiger partial charge in [-0.3, -0.25) is 18.8 Å². The molecule has 0 fully saturated rings. The van der Waals surface area contributed by atoms with Gasteiger partial charge in [0, 0.05) is 19.3 Å². The second-order valence-electron chi connectivity index (χ2n) is 8.24. The van der Waals surface area contributed by atoms with E-state index in [0.717, 1.165) is 24.9 Å². The fourth-order valence-electron chi connectivity index (χ4n) is 3.76. The SMILES string of the molecule is CC(C)CCn1c(SCC(=O)Nc2ccc3c(c2)CCC3)nc2cn(C)nc2c1=O. The average Bonchev–Trinajstić information content (AvgIpc) is 3.31. The summed E-state index contributed by atoms with van der Waals surface area (Å²) in [5.74, 6) is 0.544. The van der Waals surface area contributed by atoms with Crippen LogP contribution in [0.5, 0.6) is 0 Å². The summed E-state index contributed by atoms with van der Waals surface area (Å²) < 4.78 is 3.25. The lowest BCUT2D eigenvalue weighted by Gasteiger charge is -2.13. The molecule has 1 aliphatic carbocycles. The molecule has 8 heteroatoms. The Hall–Kier alpha value is -2.61. The van der Waals surface area contributed by atoms with E-state index in [1.54, 1.807) is 22.5 Å². The van der Waals surface area contributed by atoms with E-state index in [4.69, 9.17) is 0 Å². The van der Waals surface area contributed by atoms with Crippen LogP contribution in [0.1, 0.15) is 37.8 Å². The molecular weight excluding hydrogens is 398 g/mol. The Balaban J connectivity index is 1.51. The van der Waals surface area contributed by atoms with Crippen LogP contribution < -0.4 is 10.9 Å². The van der Waals surface area contributed by atoms with Gasteiger partial charge in [-0.1, -0.05) is 31.7 Å². The molecule has 0 spiro atoms. The Morgan fingerprint density at radius 1 is 1.27 bits per heavy atom. The van der Waals surface area contributed by atoms with Crippen molar-refractivity contribution >= 4 is 34.4 Å². The molecule has 2 heterocycles. The fourth-order valence-corrected chi connectivity index (χ4v) is 4.58. The molecule has 158 valence electrons. The molecule has 0 unspecified atom stereocenters. The molecule has 0 saturated heterocycles. The number of rotatable bonds is 7. The maximum atomic E-state index is 13.0. The number of amides is 1. The molecule has 2 aromatic heterocycles. The summed E-state index contributed by atoms with van der Waals surface area (Å²) in [4.78, 5) is 30.1. The quantitative estimate of drug-likeness (QED) is 0.463. The Morgan fingerprint density at radius 3 is 2.87 bits per heavy atom. The predicted octanol–water partition coefficient (Wildman–Crippen LogP) is 3.40. The number of nitrogens with zero attached hydrogens (tertiary/aromatic N) is 4. The highest BCUT2D eigenvalue weighted by molar-refractivity contribution is 7.99. The number of thioether (sulfide) groups is 1. The van der Waals surface area contributed by atoms with Gasteiger partial charge in [0.15, 0.2) is 10.7 Å². The minimum atomic E-state index is -0.150. The second-order valence-corrected chi connectivity index (χ2v) is 9.19. The Kier molecular flexibility index (Phi) is 5.94. The molecule has 1 aliphatic rings. The molecule has 0 atom stereocenters. The lowest BCUT2D eigenvalue weighted by molar-refractivity contribution is -0.113. The number of anilines is 1. The number of hydrogen-bond donors (Lipinski definition) is 1. The van der Waals surface area contributed by atoms with E-state index in [9.17, 15) is 9.59 Å². The van der Waals surface area contributed by atoms with Crippen molar-refractivity contribution in [1.82, 2.24) is 19.3 Å². The van der Waals surface area contributed by atoms with Gasteiger partial charge in [0.1, 0.15) is 5.52 Å². The average molecular weight is 426 g/mol. The summed E-state index contributed by atoms with van der Waals surface area (Å²) in [6.07, 6.45) is 5.97. The van der Waals surface area contributed by atoms with E-state index in [-0.39, 0.29) is 17.2 Å². The molecule has 0 saturated carbocycles. The first kappa shape index (κ1) is 20.7. The van der Waals surface area contributed by atoms with Crippen molar-refractivity contribution < 1.29 is 4.79 Å². The number of carbonyl (C=O) groups excluding carboxylic acids is 1. The van der Waals surface area contributed by atoms with Crippen LogP contribution in [-0.4, -0.2) is 31.0 Å². The van der Waals surface area contributed by atoms with Gasteiger partial charge in [0.05, 0.1) is 11.9 Å². The molecule has 1 amide bonds. The van der Waals surface area contributed by atoms with Crippen LogP contribution in [0.25, 0.3) is 11.0 Å². The summed E-state index contributed by atoms with van der Waals surface area (Å²) in [6.45, 7) is 4.80. The molecule has 30 heavy (non-hydrogen) atoms. The first-order valence-electron chi connectivity index (χ1n) is 10.4. The highest BCUT2D eigenvalue weighted by atomic mass is 32.2. The molecule has 3 aromatic rings. The topological polar surface area (TPSA) is 81.8 Å². The Labute approximate surface area is 179 Å². The normalized spacial score (nSPS) is 13.2. The van der Waals surface area contributed by atoms with Crippen molar-refractivity contribution in [3.8, 4) is 0 Å². The molecule has 0 radical (unpaired) electrons. The van der Waals surface area contributed by atoms with E-state index in [0.29, 0.717) is 28.7 Å². The van der Waals surface area contributed by atoms with Gasteiger partial charge in [-0.05, 0) is 54.9 Å². The van der Waals surface area contributed by atoms with Gasteiger partial charge < -0.3 is 5.32 Å². The number of carbonyl (C=O) groups is 1. The Bertz CT molecular complexity index is 1150. The van der Waals surface area contributed by atoms with Crippen molar-refractivity contribution in [3.05, 3.63) is 45.9 Å². The van der Waals surface area contributed by atoms with E-state index >= 15 is 0 Å². The van der Waals surface area contributed by atoms with Crippen LogP contribution in [0.3, 0.4) is 0 Å². The van der Waals surface area contributed by atoms with Gasteiger partial charge >= 0.3 is 0 Å². The van der Waals surface area contributed by atoms with Gasteiger partial charge in [-0.2, -0.15) is 5.10 Å². The number of aromatic nitrogens is 4. The zero-order chi connectivity index (χ0) is 21.3. The zero-order valence-corrected chi connectivity index (χ0v) is 18.5.